The second-order valence-corrected chi connectivity index (χ2v) is 4.61. The summed E-state index contributed by atoms with van der Waals surface area (Å²) in [7, 11) is 0. The summed E-state index contributed by atoms with van der Waals surface area (Å²) in [6.45, 7) is 1.95. The number of nitrogen functional groups attached to an aromatic ring is 1. The largest absolute Gasteiger partial charge is 0.398 e. The molecular formula is C14H12ClN3. The van der Waals surface area contributed by atoms with Gasteiger partial charge in [0.2, 0.25) is 0 Å². The summed E-state index contributed by atoms with van der Waals surface area (Å²) in [6.07, 6.45) is 1.87. The zero-order valence-electron chi connectivity index (χ0n) is 9.89. The van der Waals surface area contributed by atoms with E-state index >= 15 is 0 Å². The van der Waals surface area contributed by atoms with E-state index in [1.54, 1.807) is 0 Å². The molecule has 3 nitrogen and oxygen atoms in total. The number of halogens is 1. The highest BCUT2D eigenvalue weighted by molar-refractivity contribution is 6.33. The van der Waals surface area contributed by atoms with E-state index in [9.17, 15) is 0 Å². The van der Waals surface area contributed by atoms with Crippen molar-refractivity contribution in [3.05, 3.63) is 53.4 Å². The van der Waals surface area contributed by atoms with Gasteiger partial charge in [0, 0.05) is 17.4 Å². The Kier molecular flexibility index (Phi) is 2.49. The third-order valence-electron chi connectivity index (χ3n) is 2.97. The number of anilines is 1. The maximum atomic E-state index is 6.23. The summed E-state index contributed by atoms with van der Waals surface area (Å²) in [4.78, 5) is 4.58. The number of benzene rings is 1. The summed E-state index contributed by atoms with van der Waals surface area (Å²) in [5.41, 5.74) is 9.35. The molecule has 18 heavy (non-hydrogen) atoms. The average molecular weight is 258 g/mol. The number of aryl methyl sites for hydroxylation is 1. The normalized spacial score (nSPS) is 11.0. The molecule has 2 heterocycles. The Balaban J connectivity index is 2.34. The fourth-order valence-electron chi connectivity index (χ4n) is 2.10. The summed E-state index contributed by atoms with van der Waals surface area (Å²) in [5, 5.41) is 0.703. The van der Waals surface area contributed by atoms with Crippen molar-refractivity contribution in [2.45, 2.75) is 6.92 Å². The maximum Gasteiger partial charge on any atom is 0.110 e. The molecule has 0 bridgehead atoms. The highest BCUT2D eigenvalue weighted by Crippen LogP contribution is 2.30. The number of hydrogen-bond acceptors (Lipinski definition) is 2. The third kappa shape index (κ3) is 1.64. The van der Waals surface area contributed by atoms with Crippen LogP contribution in [0.15, 0.2) is 42.6 Å². The van der Waals surface area contributed by atoms with Gasteiger partial charge in [0.25, 0.3) is 0 Å². The summed E-state index contributed by atoms with van der Waals surface area (Å²) in [6, 6.07) is 11.5. The van der Waals surface area contributed by atoms with Crippen LogP contribution in [0.25, 0.3) is 16.8 Å². The lowest BCUT2D eigenvalue weighted by Crippen LogP contribution is -1.91. The molecule has 4 heteroatoms. The predicted octanol–water partition coefficient (Wildman–Crippen LogP) is 3.55. The van der Waals surface area contributed by atoms with Crippen molar-refractivity contribution >= 4 is 22.8 Å². The number of hydrogen-bond donors (Lipinski definition) is 1. The summed E-state index contributed by atoms with van der Waals surface area (Å²) < 4.78 is 1.98. The summed E-state index contributed by atoms with van der Waals surface area (Å²) >= 11 is 6.23. The second-order valence-electron chi connectivity index (χ2n) is 4.21. The van der Waals surface area contributed by atoms with Crippen LogP contribution in [-0.2, 0) is 0 Å². The van der Waals surface area contributed by atoms with Crippen LogP contribution in [0.3, 0.4) is 0 Å². The fourth-order valence-corrected chi connectivity index (χ4v) is 2.33. The van der Waals surface area contributed by atoms with E-state index < -0.39 is 0 Å². The van der Waals surface area contributed by atoms with Crippen LogP contribution in [0.5, 0.6) is 0 Å². The first-order chi connectivity index (χ1) is 8.66. The van der Waals surface area contributed by atoms with Crippen LogP contribution < -0.4 is 5.73 Å². The fraction of sp³-hybridized carbons (Fsp3) is 0.0714. The zero-order valence-corrected chi connectivity index (χ0v) is 10.6. The standard InChI is InChI=1S/C14H12ClN3/c1-9-17-14(11-4-2-3-5-12(11)15)13-7-6-10(16)8-18(9)13/h2-8H,16H2,1H3. The van der Waals surface area contributed by atoms with Crippen molar-refractivity contribution in [3.63, 3.8) is 0 Å². The minimum atomic E-state index is 0.703. The molecule has 0 atom stereocenters. The van der Waals surface area contributed by atoms with Crippen LogP contribution in [0.4, 0.5) is 5.69 Å². The highest BCUT2D eigenvalue weighted by Gasteiger charge is 2.12. The number of nitrogens with two attached hydrogens (primary N) is 1. The minimum absolute atomic E-state index is 0.703. The van der Waals surface area contributed by atoms with E-state index in [1.165, 1.54) is 0 Å². The van der Waals surface area contributed by atoms with Gasteiger partial charge < -0.3 is 10.1 Å². The number of imidazole rings is 1. The van der Waals surface area contributed by atoms with Crippen molar-refractivity contribution in [1.82, 2.24) is 9.38 Å². The molecule has 0 saturated carbocycles. The Morgan fingerprint density at radius 3 is 2.72 bits per heavy atom. The molecule has 90 valence electrons. The van der Waals surface area contributed by atoms with Crippen molar-refractivity contribution in [2.24, 2.45) is 0 Å². The van der Waals surface area contributed by atoms with Crippen LogP contribution in [-0.4, -0.2) is 9.38 Å². The quantitative estimate of drug-likeness (QED) is 0.725. The topological polar surface area (TPSA) is 43.3 Å². The molecule has 3 rings (SSSR count). The molecule has 0 spiro atoms. The van der Waals surface area contributed by atoms with Gasteiger partial charge in [-0.15, -0.1) is 0 Å². The lowest BCUT2D eigenvalue weighted by atomic mass is 10.1. The van der Waals surface area contributed by atoms with Gasteiger partial charge in [0.05, 0.1) is 16.2 Å². The van der Waals surface area contributed by atoms with Crippen molar-refractivity contribution in [3.8, 4) is 11.3 Å². The van der Waals surface area contributed by atoms with Gasteiger partial charge in [-0.25, -0.2) is 4.98 Å². The molecule has 0 aliphatic carbocycles. The van der Waals surface area contributed by atoms with E-state index in [-0.39, 0.29) is 0 Å². The first-order valence-electron chi connectivity index (χ1n) is 5.66. The Morgan fingerprint density at radius 2 is 1.94 bits per heavy atom. The van der Waals surface area contributed by atoms with Crippen molar-refractivity contribution in [1.29, 1.82) is 0 Å². The smallest absolute Gasteiger partial charge is 0.110 e. The second kappa shape index (κ2) is 4.03. The number of aromatic nitrogens is 2. The Morgan fingerprint density at radius 1 is 1.17 bits per heavy atom. The van der Waals surface area contributed by atoms with Crippen LogP contribution in [0.1, 0.15) is 5.82 Å². The Hall–Kier alpha value is -2.00. The molecule has 3 aromatic rings. The van der Waals surface area contributed by atoms with Gasteiger partial charge in [0.1, 0.15) is 5.82 Å². The predicted molar refractivity (Wildman–Crippen MR) is 74.8 cm³/mol. The average Bonchev–Trinajstić information content (AvgIpc) is 2.67. The molecule has 0 unspecified atom stereocenters. The van der Waals surface area contributed by atoms with Gasteiger partial charge in [-0.1, -0.05) is 29.8 Å². The lowest BCUT2D eigenvalue weighted by Gasteiger charge is -2.02. The highest BCUT2D eigenvalue weighted by atomic mass is 35.5. The van der Waals surface area contributed by atoms with E-state index in [4.69, 9.17) is 17.3 Å². The molecular weight excluding hydrogens is 246 g/mol. The van der Waals surface area contributed by atoms with E-state index in [1.807, 2.05) is 53.9 Å². The third-order valence-corrected chi connectivity index (χ3v) is 3.29. The number of nitrogens with zero attached hydrogens (tertiary/aromatic N) is 2. The number of fused-ring (bicyclic) bond motifs is 1. The first kappa shape index (κ1) is 11.1. The first-order valence-corrected chi connectivity index (χ1v) is 6.03. The molecule has 0 aliphatic rings. The summed E-state index contributed by atoms with van der Waals surface area (Å²) in [5.74, 6) is 0.896. The van der Waals surface area contributed by atoms with E-state index in [0.29, 0.717) is 10.7 Å². The zero-order chi connectivity index (χ0) is 12.7. The molecule has 0 fully saturated rings. The molecule has 2 N–H and O–H groups in total. The number of pyridine rings is 1. The number of rotatable bonds is 1. The SMILES string of the molecule is Cc1nc(-c2ccccc2Cl)c2ccc(N)cn12. The Labute approximate surface area is 110 Å². The molecule has 2 aromatic heterocycles. The van der Waals surface area contributed by atoms with Crippen LogP contribution >= 0.6 is 11.6 Å². The van der Waals surface area contributed by atoms with E-state index in [2.05, 4.69) is 4.98 Å². The maximum absolute atomic E-state index is 6.23. The molecule has 0 amide bonds. The van der Waals surface area contributed by atoms with Crippen LogP contribution in [0, 0.1) is 6.92 Å². The van der Waals surface area contributed by atoms with Crippen molar-refractivity contribution in [2.75, 3.05) is 5.73 Å². The van der Waals surface area contributed by atoms with Gasteiger partial charge in [-0.2, -0.15) is 0 Å². The minimum Gasteiger partial charge on any atom is -0.398 e. The molecule has 1 aromatic carbocycles. The van der Waals surface area contributed by atoms with Crippen molar-refractivity contribution < 1.29 is 0 Å². The molecule has 0 aliphatic heterocycles. The van der Waals surface area contributed by atoms with Gasteiger partial charge >= 0.3 is 0 Å². The monoisotopic (exact) mass is 257 g/mol. The van der Waals surface area contributed by atoms with Gasteiger partial charge in [-0.05, 0) is 25.1 Å². The van der Waals surface area contributed by atoms with Crippen LogP contribution in [0.2, 0.25) is 5.02 Å². The van der Waals surface area contributed by atoms with Gasteiger partial charge in [-0.3, -0.25) is 0 Å². The van der Waals surface area contributed by atoms with Gasteiger partial charge in [0.15, 0.2) is 0 Å². The molecule has 0 radical (unpaired) electrons. The Bertz CT molecular complexity index is 731. The molecule has 0 saturated heterocycles. The van der Waals surface area contributed by atoms with E-state index in [0.717, 1.165) is 22.6 Å². The lowest BCUT2D eigenvalue weighted by molar-refractivity contribution is 1.05.